The largest absolute Gasteiger partial charge is 0.393 e. The van der Waals surface area contributed by atoms with Gasteiger partial charge in [0.25, 0.3) is 0 Å². The molecule has 4 nitrogen and oxygen atoms in total. The Labute approximate surface area is 129 Å². The van der Waals surface area contributed by atoms with Crippen LogP contribution >= 0.6 is 23.5 Å². The van der Waals surface area contributed by atoms with Gasteiger partial charge in [0.15, 0.2) is 5.82 Å². The molecule has 0 aliphatic carbocycles. The number of hydrogen-bond acceptors (Lipinski definition) is 6. The molecule has 0 amide bonds. The van der Waals surface area contributed by atoms with Gasteiger partial charge in [-0.05, 0) is 12.8 Å². The maximum atomic E-state index is 9.90. The summed E-state index contributed by atoms with van der Waals surface area (Å²) in [6.07, 6.45) is -0.476. The number of rotatable bonds is 4. The predicted molar refractivity (Wildman–Crippen MR) is 85.3 cm³/mol. The van der Waals surface area contributed by atoms with Crippen molar-refractivity contribution in [1.82, 2.24) is 10.1 Å². The highest BCUT2D eigenvalue weighted by atomic mass is 32.2. The van der Waals surface area contributed by atoms with Crippen molar-refractivity contribution in [2.75, 3.05) is 5.75 Å². The lowest BCUT2D eigenvalue weighted by Crippen LogP contribution is -2.23. The van der Waals surface area contributed by atoms with Gasteiger partial charge in [-0.15, -0.1) is 11.8 Å². The summed E-state index contributed by atoms with van der Waals surface area (Å²) in [5.74, 6) is 2.56. The molecule has 0 saturated carbocycles. The second-order valence-electron chi connectivity index (χ2n) is 5.87. The summed E-state index contributed by atoms with van der Waals surface area (Å²) in [4.78, 5) is 4.56. The Kier molecular flexibility index (Phi) is 5.42. The summed E-state index contributed by atoms with van der Waals surface area (Å²) >= 11 is 3.89. The first kappa shape index (κ1) is 16.2. The summed E-state index contributed by atoms with van der Waals surface area (Å²) in [6.45, 7) is 10.4. The van der Waals surface area contributed by atoms with Crippen molar-refractivity contribution < 1.29 is 9.63 Å². The van der Waals surface area contributed by atoms with Crippen LogP contribution in [0.3, 0.4) is 0 Å². The molecule has 0 bridgehead atoms. The maximum Gasteiger partial charge on any atom is 0.232 e. The van der Waals surface area contributed by atoms with E-state index in [1.54, 1.807) is 6.92 Å². The molecule has 2 rings (SSSR count). The van der Waals surface area contributed by atoms with E-state index in [0.29, 0.717) is 21.6 Å². The highest BCUT2D eigenvalue weighted by molar-refractivity contribution is 8.07. The van der Waals surface area contributed by atoms with E-state index in [9.17, 15) is 5.11 Å². The Morgan fingerprint density at radius 1 is 1.25 bits per heavy atom. The fourth-order valence-electron chi connectivity index (χ4n) is 2.48. The minimum atomic E-state index is -0.476. The van der Waals surface area contributed by atoms with Crippen LogP contribution in [0.4, 0.5) is 0 Å². The first-order valence-corrected chi connectivity index (χ1v) is 9.18. The maximum absolute atomic E-state index is 9.90. The molecular formula is C14H24N2O2S2. The van der Waals surface area contributed by atoms with Crippen LogP contribution in [0, 0.1) is 5.92 Å². The van der Waals surface area contributed by atoms with Crippen molar-refractivity contribution in [3.05, 3.63) is 11.7 Å². The van der Waals surface area contributed by atoms with Crippen molar-refractivity contribution in [2.45, 2.75) is 62.4 Å². The molecule has 5 atom stereocenters. The molecule has 1 N–H and O–H groups in total. The summed E-state index contributed by atoms with van der Waals surface area (Å²) in [6, 6.07) is 0. The van der Waals surface area contributed by atoms with Gasteiger partial charge < -0.3 is 9.63 Å². The van der Waals surface area contributed by atoms with Gasteiger partial charge in [0.05, 0.1) is 17.3 Å². The van der Waals surface area contributed by atoms with E-state index in [1.165, 1.54) is 0 Å². The van der Waals surface area contributed by atoms with Crippen LogP contribution in [-0.2, 0) is 0 Å². The Morgan fingerprint density at radius 3 is 2.50 bits per heavy atom. The molecule has 0 aromatic carbocycles. The number of hydrogen-bond donors (Lipinski definition) is 1. The van der Waals surface area contributed by atoms with Gasteiger partial charge in [0.2, 0.25) is 5.89 Å². The van der Waals surface area contributed by atoms with Crippen LogP contribution in [0.5, 0.6) is 0 Å². The van der Waals surface area contributed by atoms with Crippen LogP contribution < -0.4 is 0 Å². The van der Waals surface area contributed by atoms with Crippen molar-refractivity contribution in [1.29, 1.82) is 0 Å². The molecule has 2 heterocycles. The number of nitrogens with zero attached hydrogens (tertiary/aromatic N) is 2. The van der Waals surface area contributed by atoms with E-state index in [-0.39, 0.29) is 11.8 Å². The molecule has 5 unspecified atom stereocenters. The fraction of sp³-hybridized carbons (Fsp3) is 0.857. The number of aliphatic hydroxyl groups excluding tert-OH is 1. The second-order valence-corrected chi connectivity index (χ2v) is 8.86. The molecule has 114 valence electrons. The monoisotopic (exact) mass is 316 g/mol. The van der Waals surface area contributed by atoms with Crippen LogP contribution in [-0.4, -0.2) is 37.6 Å². The normalized spacial score (nSPS) is 30.4. The van der Waals surface area contributed by atoms with Crippen molar-refractivity contribution in [3.8, 4) is 0 Å². The van der Waals surface area contributed by atoms with E-state index >= 15 is 0 Å². The van der Waals surface area contributed by atoms with Gasteiger partial charge >= 0.3 is 0 Å². The molecule has 1 aliphatic rings. The Hall–Kier alpha value is -0.200. The number of aromatic nitrogens is 2. The summed E-state index contributed by atoms with van der Waals surface area (Å²) in [7, 11) is 0. The minimum absolute atomic E-state index is 0.0890. The molecule has 1 aromatic heterocycles. The van der Waals surface area contributed by atoms with E-state index in [1.807, 2.05) is 23.5 Å². The molecule has 6 heteroatoms. The van der Waals surface area contributed by atoms with Crippen LogP contribution in [0.15, 0.2) is 4.52 Å². The molecule has 1 aromatic rings. The molecule has 20 heavy (non-hydrogen) atoms. The Bertz CT molecular complexity index is 429. The fourth-order valence-corrected chi connectivity index (χ4v) is 5.31. The SMILES string of the molecule is CC(C)C(c1nc(C2CSC(C)C(C)S2)no1)C(C)O. The van der Waals surface area contributed by atoms with Crippen LogP contribution in [0.25, 0.3) is 0 Å². The standard InChI is InChI=1S/C14H24N2O2S2/c1-7(2)12(8(3)17)14-15-13(16-18-14)11-6-19-9(4)10(5)20-11/h7-12,17H,6H2,1-5H3. The zero-order valence-electron chi connectivity index (χ0n) is 12.7. The predicted octanol–water partition coefficient (Wildman–Crippen LogP) is 3.49. The van der Waals surface area contributed by atoms with Gasteiger partial charge in [-0.3, -0.25) is 0 Å². The first-order chi connectivity index (χ1) is 9.40. The van der Waals surface area contributed by atoms with Gasteiger partial charge in [-0.25, -0.2) is 0 Å². The molecule has 1 fully saturated rings. The van der Waals surface area contributed by atoms with Gasteiger partial charge in [-0.2, -0.15) is 16.7 Å². The van der Waals surface area contributed by atoms with Crippen LogP contribution in [0.2, 0.25) is 0 Å². The Morgan fingerprint density at radius 2 is 1.95 bits per heavy atom. The van der Waals surface area contributed by atoms with Gasteiger partial charge in [0, 0.05) is 16.3 Å². The lowest BCUT2D eigenvalue weighted by Gasteiger charge is -2.29. The van der Waals surface area contributed by atoms with Crippen molar-refractivity contribution in [3.63, 3.8) is 0 Å². The molecular weight excluding hydrogens is 292 g/mol. The van der Waals surface area contributed by atoms with Gasteiger partial charge in [-0.1, -0.05) is 32.9 Å². The van der Waals surface area contributed by atoms with Crippen molar-refractivity contribution >= 4 is 23.5 Å². The summed E-state index contributed by atoms with van der Waals surface area (Å²) in [5.41, 5.74) is 0. The second kappa shape index (κ2) is 6.71. The third-order valence-electron chi connectivity index (χ3n) is 3.82. The summed E-state index contributed by atoms with van der Waals surface area (Å²) < 4.78 is 5.42. The van der Waals surface area contributed by atoms with E-state index < -0.39 is 6.10 Å². The lowest BCUT2D eigenvalue weighted by atomic mass is 9.91. The molecule has 1 saturated heterocycles. The zero-order valence-corrected chi connectivity index (χ0v) is 14.4. The molecule has 0 spiro atoms. The van der Waals surface area contributed by atoms with Gasteiger partial charge in [0.1, 0.15) is 0 Å². The Balaban J connectivity index is 2.12. The zero-order chi connectivity index (χ0) is 14.9. The average molecular weight is 316 g/mol. The van der Waals surface area contributed by atoms with E-state index in [0.717, 1.165) is 11.6 Å². The minimum Gasteiger partial charge on any atom is -0.393 e. The van der Waals surface area contributed by atoms with Crippen LogP contribution in [0.1, 0.15) is 57.5 Å². The average Bonchev–Trinajstić information content (AvgIpc) is 2.81. The lowest BCUT2D eigenvalue weighted by molar-refractivity contribution is 0.120. The molecule has 0 radical (unpaired) electrons. The molecule has 1 aliphatic heterocycles. The number of aliphatic hydroxyl groups is 1. The third kappa shape index (κ3) is 3.52. The van der Waals surface area contributed by atoms with Crippen molar-refractivity contribution in [2.24, 2.45) is 5.92 Å². The summed E-state index contributed by atoms with van der Waals surface area (Å²) in [5, 5.41) is 15.6. The third-order valence-corrected chi connectivity index (χ3v) is 7.21. The van der Waals surface area contributed by atoms with E-state index in [2.05, 4.69) is 37.8 Å². The first-order valence-electron chi connectivity index (χ1n) is 7.18. The van der Waals surface area contributed by atoms with E-state index in [4.69, 9.17) is 4.52 Å². The highest BCUT2D eigenvalue weighted by Crippen LogP contribution is 2.43. The number of thioether (sulfide) groups is 2. The highest BCUT2D eigenvalue weighted by Gasteiger charge is 2.32. The smallest absolute Gasteiger partial charge is 0.232 e. The topological polar surface area (TPSA) is 59.2 Å². The quantitative estimate of drug-likeness (QED) is 0.917.